The summed E-state index contributed by atoms with van der Waals surface area (Å²) in [6.07, 6.45) is 6.38. The van der Waals surface area contributed by atoms with Gasteiger partial charge in [-0.2, -0.15) is 0 Å². The molecule has 0 aromatic rings. The summed E-state index contributed by atoms with van der Waals surface area (Å²) in [6, 6.07) is 0. The summed E-state index contributed by atoms with van der Waals surface area (Å²) in [4.78, 5) is 26.0. The van der Waals surface area contributed by atoms with Crippen molar-refractivity contribution in [2.45, 2.75) is 0 Å². The van der Waals surface area contributed by atoms with Crippen molar-refractivity contribution in [1.29, 1.82) is 0 Å². The Hall–Kier alpha value is -1.06. The molecule has 0 aromatic carbocycles. The predicted molar refractivity (Wildman–Crippen MR) is 59.4 cm³/mol. The van der Waals surface area contributed by atoms with Crippen LogP contribution in [0.2, 0.25) is 0 Å². The smallest absolute Gasteiger partial charge is 0.211 e. The minimum absolute atomic E-state index is 0.357. The van der Waals surface area contributed by atoms with Crippen molar-refractivity contribution in [2.24, 2.45) is 9.98 Å². The van der Waals surface area contributed by atoms with E-state index in [4.69, 9.17) is 0 Å². The Morgan fingerprint density at radius 3 is 1.71 bits per heavy atom. The Labute approximate surface area is 89.7 Å². The fourth-order valence-electron chi connectivity index (χ4n) is 0.409. The predicted octanol–water partition coefficient (Wildman–Crippen LogP) is 2.07. The Morgan fingerprint density at radius 1 is 0.929 bits per heavy atom. The standard InChI is InChI=1S/C8H8N2O2S2/c11-7-9-3-1-5-13-14-6-2-4-10-8-12/h1-2,5-6H,3-4H2. The third-order valence-electron chi connectivity index (χ3n) is 0.882. The maximum atomic E-state index is 9.65. The molecule has 0 saturated heterocycles. The number of nitrogens with zero attached hydrogens (tertiary/aromatic N) is 2. The fraction of sp³-hybridized carbons (Fsp3) is 0.250. The van der Waals surface area contributed by atoms with Gasteiger partial charge in [-0.3, -0.25) is 0 Å². The first kappa shape index (κ1) is 12.9. The third kappa shape index (κ3) is 10.9. The van der Waals surface area contributed by atoms with E-state index in [-0.39, 0.29) is 0 Å². The highest BCUT2D eigenvalue weighted by atomic mass is 33.1. The maximum absolute atomic E-state index is 9.65. The number of isocyanates is 2. The molecule has 0 unspecified atom stereocenters. The fourth-order valence-corrected chi connectivity index (χ4v) is 1.72. The Balaban J connectivity index is 3.36. The van der Waals surface area contributed by atoms with Crippen molar-refractivity contribution in [2.75, 3.05) is 13.1 Å². The van der Waals surface area contributed by atoms with Crippen LogP contribution in [0.15, 0.2) is 33.0 Å². The third-order valence-corrected chi connectivity index (χ3v) is 2.60. The first-order valence-electron chi connectivity index (χ1n) is 3.61. The van der Waals surface area contributed by atoms with Crippen LogP contribution in [0.1, 0.15) is 0 Å². The highest BCUT2D eigenvalue weighted by molar-refractivity contribution is 8.78. The average Bonchev–Trinajstić information content (AvgIpc) is 2.21. The van der Waals surface area contributed by atoms with E-state index in [1.165, 1.54) is 33.7 Å². The van der Waals surface area contributed by atoms with E-state index in [1.54, 1.807) is 12.2 Å². The molecule has 0 rings (SSSR count). The van der Waals surface area contributed by atoms with Crippen molar-refractivity contribution in [3.05, 3.63) is 23.0 Å². The van der Waals surface area contributed by atoms with Crippen molar-refractivity contribution >= 4 is 33.7 Å². The second-order valence-electron chi connectivity index (χ2n) is 1.80. The normalized spacial score (nSPS) is 10.0. The highest BCUT2D eigenvalue weighted by Gasteiger charge is 1.77. The first-order chi connectivity index (χ1) is 6.91. The van der Waals surface area contributed by atoms with E-state index in [1.807, 2.05) is 10.8 Å². The zero-order chi connectivity index (χ0) is 10.5. The van der Waals surface area contributed by atoms with Crippen LogP contribution < -0.4 is 0 Å². The molecule has 0 spiro atoms. The van der Waals surface area contributed by atoms with E-state index in [9.17, 15) is 9.59 Å². The van der Waals surface area contributed by atoms with Crippen LogP contribution >= 0.6 is 21.6 Å². The summed E-state index contributed by atoms with van der Waals surface area (Å²) in [6.45, 7) is 0.715. The van der Waals surface area contributed by atoms with Gasteiger partial charge in [0.15, 0.2) is 0 Å². The van der Waals surface area contributed by atoms with Gasteiger partial charge in [-0.05, 0) is 10.8 Å². The Bertz CT molecular complexity index is 260. The zero-order valence-electron chi connectivity index (χ0n) is 7.25. The lowest BCUT2D eigenvalue weighted by Crippen LogP contribution is -1.67. The molecule has 0 amide bonds. The minimum atomic E-state index is 0.357. The van der Waals surface area contributed by atoms with Crippen molar-refractivity contribution < 1.29 is 9.59 Å². The SMILES string of the molecule is O=C=NCC=CSSC=CCN=C=O. The van der Waals surface area contributed by atoms with Crippen LogP contribution in [0.25, 0.3) is 0 Å². The molecule has 14 heavy (non-hydrogen) atoms. The lowest BCUT2D eigenvalue weighted by atomic mass is 10.7. The van der Waals surface area contributed by atoms with Crippen molar-refractivity contribution in [3.63, 3.8) is 0 Å². The lowest BCUT2D eigenvalue weighted by Gasteiger charge is -1.84. The maximum Gasteiger partial charge on any atom is 0.235 e. The molecule has 0 aliphatic heterocycles. The lowest BCUT2D eigenvalue weighted by molar-refractivity contribution is 0.563. The van der Waals surface area contributed by atoms with Gasteiger partial charge in [0, 0.05) is 0 Å². The van der Waals surface area contributed by atoms with Crippen molar-refractivity contribution in [1.82, 2.24) is 0 Å². The largest absolute Gasteiger partial charge is 0.235 e. The molecule has 74 valence electrons. The van der Waals surface area contributed by atoms with E-state index in [2.05, 4.69) is 9.98 Å². The summed E-state index contributed by atoms with van der Waals surface area (Å²) in [5, 5.41) is 3.64. The molecule has 0 aliphatic carbocycles. The van der Waals surface area contributed by atoms with E-state index < -0.39 is 0 Å². The quantitative estimate of drug-likeness (QED) is 0.290. The van der Waals surface area contributed by atoms with Crippen LogP contribution in [0.4, 0.5) is 0 Å². The molecule has 0 bridgehead atoms. The second kappa shape index (κ2) is 11.9. The molecule has 0 atom stereocenters. The molecule has 4 nitrogen and oxygen atoms in total. The van der Waals surface area contributed by atoms with Crippen LogP contribution in [-0.4, -0.2) is 25.2 Å². The summed E-state index contributed by atoms with van der Waals surface area (Å²) in [7, 11) is 2.96. The van der Waals surface area contributed by atoms with Crippen molar-refractivity contribution in [3.8, 4) is 0 Å². The molecular formula is C8H8N2O2S2. The number of aliphatic imine (C=N–C) groups is 2. The van der Waals surface area contributed by atoms with Gasteiger partial charge in [-0.25, -0.2) is 19.6 Å². The highest BCUT2D eigenvalue weighted by Crippen LogP contribution is 2.23. The molecule has 6 heteroatoms. The summed E-state index contributed by atoms with van der Waals surface area (Å²) in [5.74, 6) is 0. The second-order valence-corrected chi connectivity index (χ2v) is 3.88. The molecular weight excluding hydrogens is 220 g/mol. The summed E-state index contributed by atoms with van der Waals surface area (Å²) >= 11 is 0. The van der Waals surface area contributed by atoms with Crippen LogP contribution in [-0.2, 0) is 9.59 Å². The van der Waals surface area contributed by atoms with Gasteiger partial charge in [-0.15, -0.1) is 0 Å². The van der Waals surface area contributed by atoms with E-state index >= 15 is 0 Å². The number of hydrogen-bond acceptors (Lipinski definition) is 6. The van der Waals surface area contributed by atoms with Gasteiger partial charge in [0.25, 0.3) is 0 Å². The topological polar surface area (TPSA) is 58.9 Å². The average molecular weight is 228 g/mol. The Morgan fingerprint density at radius 2 is 1.36 bits per heavy atom. The van der Waals surface area contributed by atoms with Crippen LogP contribution in [0.3, 0.4) is 0 Å². The molecule has 0 saturated carbocycles. The van der Waals surface area contributed by atoms with Gasteiger partial charge < -0.3 is 0 Å². The molecule has 0 aliphatic rings. The van der Waals surface area contributed by atoms with Gasteiger partial charge >= 0.3 is 0 Å². The van der Waals surface area contributed by atoms with Gasteiger partial charge in [0.2, 0.25) is 12.2 Å². The monoisotopic (exact) mass is 228 g/mol. The molecule has 0 N–H and O–H groups in total. The molecule has 0 radical (unpaired) electrons. The first-order valence-corrected chi connectivity index (χ1v) is 5.89. The Kier molecular flexibility index (Phi) is 11.0. The number of rotatable bonds is 7. The summed E-state index contributed by atoms with van der Waals surface area (Å²) in [5.41, 5.74) is 0. The van der Waals surface area contributed by atoms with E-state index in [0.29, 0.717) is 13.1 Å². The van der Waals surface area contributed by atoms with Gasteiger partial charge in [0.1, 0.15) is 0 Å². The van der Waals surface area contributed by atoms with Crippen LogP contribution in [0.5, 0.6) is 0 Å². The zero-order valence-corrected chi connectivity index (χ0v) is 8.88. The summed E-state index contributed by atoms with van der Waals surface area (Å²) < 4.78 is 0. The minimum Gasteiger partial charge on any atom is -0.211 e. The molecule has 0 aromatic heterocycles. The van der Waals surface area contributed by atoms with Crippen LogP contribution in [0, 0.1) is 0 Å². The van der Waals surface area contributed by atoms with Gasteiger partial charge in [0.05, 0.1) is 13.1 Å². The molecule has 0 fully saturated rings. The molecule has 0 heterocycles. The number of hydrogen-bond donors (Lipinski definition) is 0. The number of carbonyl (C=O) groups excluding carboxylic acids is 2. The van der Waals surface area contributed by atoms with E-state index in [0.717, 1.165) is 0 Å². The van der Waals surface area contributed by atoms with Gasteiger partial charge in [-0.1, -0.05) is 33.7 Å².